The van der Waals surface area contributed by atoms with Gasteiger partial charge in [0.1, 0.15) is 0 Å². The number of thiophene rings is 2. The second-order valence-electron chi connectivity index (χ2n) is 12.6. The number of anilines is 5. The van der Waals surface area contributed by atoms with E-state index in [2.05, 4.69) is 194 Å². The van der Waals surface area contributed by atoms with E-state index in [1.807, 2.05) is 22.7 Å². The first-order valence-corrected chi connectivity index (χ1v) is 18.8. The minimum atomic E-state index is 1.05. The molecule has 0 N–H and O–H groups in total. The maximum atomic E-state index is 2.37. The largest absolute Gasteiger partial charge is 0.311 e. The molecule has 50 heavy (non-hydrogen) atoms. The molecular weight excluding hydrogens is 645 g/mol. The summed E-state index contributed by atoms with van der Waals surface area (Å²) in [4.78, 5) is 9.96. The van der Waals surface area contributed by atoms with Gasteiger partial charge < -0.3 is 9.80 Å². The van der Waals surface area contributed by atoms with Crippen LogP contribution in [0.25, 0.3) is 32.0 Å². The molecule has 8 rings (SSSR count). The second-order valence-corrected chi connectivity index (χ2v) is 15.2. The van der Waals surface area contributed by atoms with Crippen molar-refractivity contribution in [3.63, 3.8) is 0 Å². The first kappa shape index (κ1) is 31.8. The molecule has 0 unspecified atom stereocenters. The van der Waals surface area contributed by atoms with Crippen molar-refractivity contribution in [2.24, 2.45) is 0 Å². The summed E-state index contributed by atoms with van der Waals surface area (Å²) in [5.74, 6) is 0. The van der Waals surface area contributed by atoms with E-state index in [-0.39, 0.29) is 0 Å². The van der Waals surface area contributed by atoms with Crippen LogP contribution in [-0.4, -0.2) is 0 Å². The van der Waals surface area contributed by atoms with Crippen molar-refractivity contribution in [3.05, 3.63) is 185 Å². The van der Waals surface area contributed by atoms with Gasteiger partial charge in [-0.15, -0.1) is 22.7 Å². The van der Waals surface area contributed by atoms with Gasteiger partial charge in [-0.05, 0) is 140 Å². The molecule has 1 aliphatic rings. The van der Waals surface area contributed by atoms with Crippen molar-refractivity contribution in [1.82, 2.24) is 0 Å². The first-order chi connectivity index (χ1) is 24.6. The Labute approximate surface area is 303 Å². The standard InChI is InChI=1S/C46H38N2S2/c1-33-13-31-45(49-33)37-19-27-43(28-20-37)47(39-9-5-3-6-10-39)41-23-15-35(16-24-41)36-17-25-42(26-18-36)48(40-11-7-4-8-12-40)44-29-21-38(22-30-44)46-32-14-34(2)50-46/h3,5-7,9-32H,4,8H2,1-2H3. The number of aryl methyl sites for hydroxylation is 2. The molecule has 2 nitrogen and oxygen atoms in total. The lowest BCUT2D eigenvalue weighted by Gasteiger charge is -2.28. The Kier molecular flexibility index (Phi) is 9.04. The molecule has 0 fully saturated rings. The van der Waals surface area contributed by atoms with Gasteiger partial charge in [0.05, 0.1) is 0 Å². The summed E-state index contributed by atoms with van der Waals surface area (Å²) >= 11 is 3.67. The lowest BCUT2D eigenvalue weighted by atomic mass is 10.0. The van der Waals surface area contributed by atoms with Crippen LogP contribution in [0.1, 0.15) is 22.6 Å². The fourth-order valence-electron chi connectivity index (χ4n) is 6.57. The van der Waals surface area contributed by atoms with Gasteiger partial charge >= 0.3 is 0 Å². The van der Waals surface area contributed by atoms with Crippen LogP contribution in [-0.2, 0) is 0 Å². The van der Waals surface area contributed by atoms with E-state index in [9.17, 15) is 0 Å². The Morgan fingerprint density at radius 3 is 1.22 bits per heavy atom. The molecule has 0 saturated heterocycles. The van der Waals surface area contributed by atoms with Crippen LogP contribution in [0.2, 0.25) is 0 Å². The highest BCUT2D eigenvalue weighted by atomic mass is 32.1. The van der Waals surface area contributed by atoms with Gasteiger partial charge in [-0.25, -0.2) is 0 Å². The molecule has 7 aromatic rings. The fourth-order valence-corrected chi connectivity index (χ4v) is 8.32. The summed E-state index contributed by atoms with van der Waals surface area (Å²) in [5, 5.41) is 0. The lowest BCUT2D eigenvalue weighted by molar-refractivity contribution is 0.997. The quantitative estimate of drug-likeness (QED) is 0.150. The average molecular weight is 683 g/mol. The van der Waals surface area contributed by atoms with Crippen molar-refractivity contribution in [1.29, 1.82) is 0 Å². The molecule has 5 aromatic carbocycles. The van der Waals surface area contributed by atoms with E-state index in [0.29, 0.717) is 0 Å². The molecular formula is C46H38N2S2. The minimum absolute atomic E-state index is 1.05. The Hall–Kier alpha value is -5.42. The Balaban J connectivity index is 1.07. The SMILES string of the molecule is Cc1ccc(-c2ccc(N(C3=CCCC=C3)c3ccc(-c4ccc(N(c5ccccc5)c5ccc(-c6ccc(C)s6)cc5)cc4)cc3)cc2)s1. The van der Waals surface area contributed by atoms with Crippen molar-refractivity contribution >= 4 is 51.1 Å². The van der Waals surface area contributed by atoms with Crippen LogP contribution in [0.15, 0.2) is 176 Å². The van der Waals surface area contributed by atoms with Gasteiger partial charge in [-0.3, -0.25) is 0 Å². The summed E-state index contributed by atoms with van der Waals surface area (Å²) in [7, 11) is 0. The van der Waals surface area contributed by atoms with Gasteiger partial charge in [0, 0.05) is 53.6 Å². The first-order valence-electron chi connectivity index (χ1n) is 17.2. The monoisotopic (exact) mass is 682 g/mol. The predicted molar refractivity (Wildman–Crippen MR) is 218 cm³/mol. The van der Waals surface area contributed by atoms with E-state index < -0.39 is 0 Å². The predicted octanol–water partition coefficient (Wildman–Crippen LogP) is 14.3. The van der Waals surface area contributed by atoms with Crippen LogP contribution in [0, 0.1) is 13.8 Å². The number of hydrogen-bond donors (Lipinski definition) is 0. The summed E-state index contributed by atoms with van der Waals surface area (Å²) in [6, 6.07) is 55.2. The number of para-hydroxylation sites is 1. The summed E-state index contributed by atoms with van der Waals surface area (Å²) in [6.45, 7) is 4.32. The molecule has 0 saturated carbocycles. The topological polar surface area (TPSA) is 6.48 Å². The van der Waals surface area contributed by atoms with Crippen LogP contribution < -0.4 is 9.80 Å². The smallest absolute Gasteiger partial charge is 0.0462 e. The summed E-state index contributed by atoms with van der Waals surface area (Å²) < 4.78 is 0. The zero-order chi connectivity index (χ0) is 33.9. The highest BCUT2D eigenvalue weighted by molar-refractivity contribution is 7.15. The van der Waals surface area contributed by atoms with Crippen molar-refractivity contribution < 1.29 is 0 Å². The number of benzene rings is 5. The Morgan fingerprint density at radius 2 is 0.820 bits per heavy atom. The normalized spacial score (nSPS) is 12.5. The van der Waals surface area contributed by atoms with E-state index >= 15 is 0 Å². The molecule has 0 amide bonds. The second kappa shape index (κ2) is 14.2. The fraction of sp³-hybridized carbons (Fsp3) is 0.0870. The van der Waals surface area contributed by atoms with E-state index in [1.165, 1.54) is 47.5 Å². The third-order valence-electron chi connectivity index (χ3n) is 9.13. The number of hydrogen-bond acceptors (Lipinski definition) is 4. The molecule has 0 atom stereocenters. The highest BCUT2D eigenvalue weighted by Gasteiger charge is 2.16. The Bertz CT molecular complexity index is 2250. The molecule has 244 valence electrons. The third kappa shape index (κ3) is 6.73. The molecule has 2 aromatic heterocycles. The molecule has 0 radical (unpaired) electrons. The zero-order valence-corrected chi connectivity index (χ0v) is 29.9. The van der Waals surface area contributed by atoms with Crippen molar-refractivity contribution in [2.75, 3.05) is 9.80 Å². The summed E-state index contributed by atoms with van der Waals surface area (Å²) in [6.07, 6.45) is 9.02. The maximum Gasteiger partial charge on any atom is 0.0462 e. The number of rotatable bonds is 9. The molecule has 1 aliphatic carbocycles. The van der Waals surface area contributed by atoms with Gasteiger partial charge in [-0.2, -0.15) is 0 Å². The van der Waals surface area contributed by atoms with Crippen LogP contribution in [0.4, 0.5) is 28.4 Å². The number of allylic oxidation sites excluding steroid dienone is 3. The van der Waals surface area contributed by atoms with E-state index in [4.69, 9.17) is 0 Å². The summed E-state index contributed by atoms with van der Waals surface area (Å²) in [5.41, 5.74) is 11.8. The van der Waals surface area contributed by atoms with Crippen LogP contribution in [0.3, 0.4) is 0 Å². The molecule has 2 heterocycles. The highest BCUT2D eigenvalue weighted by Crippen LogP contribution is 2.39. The van der Waals surface area contributed by atoms with E-state index in [1.54, 1.807) is 0 Å². The molecule has 0 aliphatic heterocycles. The van der Waals surface area contributed by atoms with Crippen molar-refractivity contribution in [2.45, 2.75) is 26.7 Å². The third-order valence-corrected chi connectivity index (χ3v) is 11.2. The molecule has 0 spiro atoms. The lowest BCUT2D eigenvalue weighted by Crippen LogP contribution is -2.16. The van der Waals surface area contributed by atoms with Gasteiger partial charge in [0.25, 0.3) is 0 Å². The maximum absolute atomic E-state index is 2.37. The van der Waals surface area contributed by atoms with Crippen LogP contribution >= 0.6 is 22.7 Å². The van der Waals surface area contributed by atoms with Crippen molar-refractivity contribution in [3.8, 4) is 32.0 Å². The van der Waals surface area contributed by atoms with E-state index in [0.717, 1.165) is 41.3 Å². The number of nitrogens with zero attached hydrogens (tertiary/aromatic N) is 2. The van der Waals surface area contributed by atoms with Gasteiger partial charge in [0.2, 0.25) is 0 Å². The van der Waals surface area contributed by atoms with Gasteiger partial charge in [-0.1, -0.05) is 78.9 Å². The molecule has 0 bridgehead atoms. The molecule has 4 heteroatoms. The minimum Gasteiger partial charge on any atom is -0.311 e. The van der Waals surface area contributed by atoms with Gasteiger partial charge in [0.15, 0.2) is 0 Å². The Morgan fingerprint density at radius 1 is 0.400 bits per heavy atom. The zero-order valence-electron chi connectivity index (χ0n) is 28.3. The van der Waals surface area contributed by atoms with Crippen LogP contribution in [0.5, 0.6) is 0 Å². The average Bonchev–Trinajstić information content (AvgIpc) is 3.82.